The van der Waals surface area contributed by atoms with Gasteiger partial charge in [0.05, 0.1) is 18.0 Å². The third kappa shape index (κ3) is 2.95. The molecule has 0 saturated heterocycles. The summed E-state index contributed by atoms with van der Waals surface area (Å²) in [7, 11) is 0. The maximum Gasteiger partial charge on any atom is 0.255 e. The minimum atomic E-state index is -0.219. The summed E-state index contributed by atoms with van der Waals surface area (Å²) < 4.78 is 1.83. The Hall–Kier alpha value is -3.15. The van der Waals surface area contributed by atoms with E-state index >= 15 is 0 Å². The van der Waals surface area contributed by atoms with Crippen LogP contribution in [0.15, 0.2) is 55.1 Å². The molecule has 6 nitrogen and oxygen atoms in total. The lowest BCUT2D eigenvalue weighted by atomic mass is 10.2. The second-order valence-corrected chi connectivity index (χ2v) is 4.86. The number of anilines is 2. The van der Waals surface area contributed by atoms with Crippen molar-refractivity contribution in [2.45, 2.75) is 6.92 Å². The molecule has 0 spiro atoms. The fourth-order valence-corrected chi connectivity index (χ4v) is 2.14. The number of rotatable bonds is 3. The molecule has 2 amide bonds. The number of aromatic nitrogens is 2. The van der Waals surface area contributed by atoms with Gasteiger partial charge in [0.2, 0.25) is 5.91 Å². The van der Waals surface area contributed by atoms with Crippen molar-refractivity contribution in [3.63, 3.8) is 0 Å². The third-order valence-corrected chi connectivity index (χ3v) is 3.12. The van der Waals surface area contributed by atoms with Gasteiger partial charge in [0.1, 0.15) is 0 Å². The number of hydrogen-bond donors (Lipinski definition) is 2. The number of nitrogens with zero attached hydrogens (tertiary/aromatic N) is 2. The lowest BCUT2D eigenvalue weighted by molar-refractivity contribution is -0.114. The van der Waals surface area contributed by atoms with Crippen LogP contribution < -0.4 is 10.6 Å². The number of carbonyl (C=O) groups excluding carboxylic acids is 2. The molecule has 1 aromatic carbocycles. The van der Waals surface area contributed by atoms with Gasteiger partial charge in [0, 0.05) is 30.1 Å². The predicted molar refractivity (Wildman–Crippen MR) is 83.9 cm³/mol. The molecule has 6 heteroatoms. The third-order valence-electron chi connectivity index (χ3n) is 3.12. The number of fused-ring (bicyclic) bond motifs is 1. The molecule has 2 aromatic heterocycles. The fraction of sp³-hybridized carbons (Fsp3) is 0.0625. The maximum absolute atomic E-state index is 12.3. The number of hydrogen-bond acceptors (Lipinski definition) is 3. The normalized spacial score (nSPS) is 10.4. The Balaban J connectivity index is 1.79. The Bertz CT molecular complexity index is 854. The summed E-state index contributed by atoms with van der Waals surface area (Å²) in [6, 6.07) is 10.5. The molecule has 0 atom stereocenters. The lowest BCUT2D eigenvalue weighted by Gasteiger charge is -2.08. The first-order valence-electron chi connectivity index (χ1n) is 6.72. The molecule has 0 aliphatic heterocycles. The monoisotopic (exact) mass is 294 g/mol. The summed E-state index contributed by atoms with van der Waals surface area (Å²) in [4.78, 5) is 27.4. The van der Waals surface area contributed by atoms with Gasteiger partial charge in [-0.15, -0.1) is 0 Å². The highest BCUT2D eigenvalue weighted by Gasteiger charge is 2.08. The number of pyridine rings is 1. The van der Waals surface area contributed by atoms with E-state index in [9.17, 15) is 9.59 Å². The van der Waals surface area contributed by atoms with E-state index in [1.54, 1.807) is 55.1 Å². The quantitative estimate of drug-likeness (QED) is 0.779. The number of amides is 2. The van der Waals surface area contributed by atoms with Gasteiger partial charge in [-0.05, 0) is 30.3 Å². The van der Waals surface area contributed by atoms with Gasteiger partial charge < -0.3 is 15.0 Å². The van der Waals surface area contributed by atoms with Crippen molar-refractivity contribution in [1.82, 2.24) is 9.38 Å². The van der Waals surface area contributed by atoms with E-state index in [2.05, 4.69) is 15.6 Å². The number of imidazole rings is 1. The molecule has 2 heterocycles. The average Bonchev–Trinajstić information content (AvgIpc) is 2.94. The summed E-state index contributed by atoms with van der Waals surface area (Å²) >= 11 is 0. The van der Waals surface area contributed by atoms with Crippen LogP contribution in [0.25, 0.3) is 5.52 Å². The average molecular weight is 294 g/mol. The predicted octanol–water partition coefficient (Wildman–Crippen LogP) is 2.55. The molecule has 3 aromatic rings. The first-order valence-corrected chi connectivity index (χ1v) is 6.72. The second kappa shape index (κ2) is 5.69. The topological polar surface area (TPSA) is 75.5 Å². The van der Waals surface area contributed by atoms with Crippen LogP contribution in [0.4, 0.5) is 11.4 Å². The molecule has 0 radical (unpaired) electrons. The van der Waals surface area contributed by atoms with E-state index in [0.29, 0.717) is 16.9 Å². The number of benzene rings is 1. The Morgan fingerprint density at radius 1 is 1.09 bits per heavy atom. The maximum atomic E-state index is 12.3. The van der Waals surface area contributed by atoms with E-state index in [-0.39, 0.29) is 11.8 Å². The van der Waals surface area contributed by atoms with Gasteiger partial charge in [-0.1, -0.05) is 6.07 Å². The van der Waals surface area contributed by atoms with Gasteiger partial charge >= 0.3 is 0 Å². The zero-order valence-electron chi connectivity index (χ0n) is 11.9. The van der Waals surface area contributed by atoms with Crippen LogP contribution in [0, 0.1) is 0 Å². The lowest BCUT2D eigenvalue weighted by Crippen LogP contribution is -2.12. The van der Waals surface area contributed by atoms with E-state index in [1.807, 2.05) is 4.40 Å². The van der Waals surface area contributed by atoms with Crippen LogP contribution in [0.3, 0.4) is 0 Å². The minimum absolute atomic E-state index is 0.158. The first-order chi connectivity index (χ1) is 10.6. The van der Waals surface area contributed by atoms with Crippen molar-refractivity contribution in [1.29, 1.82) is 0 Å². The van der Waals surface area contributed by atoms with Crippen molar-refractivity contribution in [3.8, 4) is 0 Å². The van der Waals surface area contributed by atoms with Crippen molar-refractivity contribution in [2.24, 2.45) is 0 Å². The highest BCUT2D eigenvalue weighted by Crippen LogP contribution is 2.16. The van der Waals surface area contributed by atoms with Crippen LogP contribution in [0.5, 0.6) is 0 Å². The number of nitrogens with one attached hydrogen (secondary N) is 2. The highest BCUT2D eigenvalue weighted by molar-refractivity contribution is 6.05. The van der Waals surface area contributed by atoms with Crippen molar-refractivity contribution in [2.75, 3.05) is 10.6 Å². The van der Waals surface area contributed by atoms with Crippen LogP contribution in [0.1, 0.15) is 17.3 Å². The Kier molecular flexibility index (Phi) is 3.57. The van der Waals surface area contributed by atoms with E-state index in [4.69, 9.17) is 0 Å². The second-order valence-electron chi connectivity index (χ2n) is 4.86. The largest absolute Gasteiger partial charge is 0.326 e. The summed E-state index contributed by atoms with van der Waals surface area (Å²) in [5.74, 6) is -0.377. The SMILES string of the molecule is CC(=O)Nc1cccc(NC(=O)c2ccn3cncc3c2)c1. The molecule has 3 rings (SSSR count). The Morgan fingerprint density at radius 2 is 1.86 bits per heavy atom. The van der Waals surface area contributed by atoms with Gasteiger partial charge in [-0.3, -0.25) is 9.59 Å². The fourth-order valence-electron chi connectivity index (χ4n) is 2.14. The van der Waals surface area contributed by atoms with E-state index in [0.717, 1.165) is 5.52 Å². The van der Waals surface area contributed by atoms with Gasteiger partial charge in [0.25, 0.3) is 5.91 Å². The van der Waals surface area contributed by atoms with E-state index in [1.165, 1.54) is 6.92 Å². The molecule has 0 unspecified atom stereocenters. The summed E-state index contributed by atoms with van der Waals surface area (Å²) in [6.07, 6.45) is 5.15. The van der Waals surface area contributed by atoms with E-state index < -0.39 is 0 Å². The molecule has 0 bridgehead atoms. The van der Waals surface area contributed by atoms with Crippen LogP contribution >= 0.6 is 0 Å². The van der Waals surface area contributed by atoms with Crippen LogP contribution in [-0.4, -0.2) is 21.2 Å². The Morgan fingerprint density at radius 3 is 2.64 bits per heavy atom. The molecule has 110 valence electrons. The minimum Gasteiger partial charge on any atom is -0.326 e. The molecule has 2 N–H and O–H groups in total. The highest BCUT2D eigenvalue weighted by atomic mass is 16.2. The molecule has 0 fully saturated rings. The van der Waals surface area contributed by atoms with Crippen molar-refractivity contribution in [3.05, 3.63) is 60.7 Å². The first kappa shape index (κ1) is 13.8. The van der Waals surface area contributed by atoms with Gasteiger partial charge in [-0.25, -0.2) is 4.98 Å². The molecule has 0 aliphatic carbocycles. The van der Waals surface area contributed by atoms with Crippen molar-refractivity contribution < 1.29 is 9.59 Å². The van der Waals surface area contributed by atoms with Gasteiger partial charge in [0.15, 0.2) is 0 Å². The zero-order chi connectivity index (χ0) is 15.5. The molecule has 22 heavy (non-hydrogen) atoms. The molecule has 0 aliphatic rings. The zero-order valence-corrected chi connectivity index (χ0v) is 11.9. The smallest absolute Gasteiger partial charge is 0.255 e. The summed E-state index contributed by atoms with van der Waals surface area (Å²) in [6.45, 7) is 1.44. The van der Waals surface area contributed by atoms with Gasteiger partial charge in [-0.2, -0.15) is 0 Å². The number of carbonyl (C=O) groups is 2. The van der Waals surface area contributed by atoms with Crippen molar-refractivity contribution >= 4 is 28.7 Å². The van der Waals surface area contributed by atoms with Crippen LogP contribution in [-0.2, 0) is 4.79 Å². The standard InChI is InChI=1S/C16H14N4O2/c1-11(21)18-13-3-2-4-14(8-13)19-16(22)12-5-6-20-10-17-9-15(20)7-12/h2-10H,1H3,(H,18,21)(H,19,22). The van der Waals surface area contributed by atoms with Crippen LogP contribution in [0.2, 0.25) is 0 Å². The Labute approximate surface area is 126 Å². The molecular weight excluding hydrogens is 280 g/mol. The summed E-state index contributed by atoms with van der Waals surface area (Å²) in [5.41, 5.74) is 2.64. The molecule has 0 saturated carbocycles. The molecular formula is C16H14N4O2. The summed E-state index contributed by atoms with van der Waals surface area (Å²) in [5, 5.41) is 5.49.